The van der Waals surface area contributed by atoms with Gasteiger partial charge < -0.3 is 14.8 Å². The van der Waals surface area contributed by atoms with Crippen LogP contribution in [0.2, 0.25) is 0 Å². The van der Waals surface area contributed by atoms with E-state index in [4.69, 9.17) is 9.47 Å². The first-order valence-corrected chi connectivity index (χ1v) is 14.4. The molecule has 1 aromatic carbocycles. The minimum Gasteiger partial charge on any atom is -0.490 e. The third-order valence-electron chi connectivity index (χ3n) is 6.25. The molecule has 4 heteroatoms. The molecule has 4 nitrogen and oxygen atoms in total. The van der Waals surface area contributed by atoms with E-state index in [1.54, 1.807) is 0 Å². The second-order valence-corrected chi connectivity index (χ2v) is 9.56. The van der Waals surface area contributed by atoms with E-state index in [0.717, 1.165) is 25.0 Å². The van der Waals surface area contributed by atoms with E-state index in [0.29, 0.717) is 31.1 Å². The van der Waals surface area contributed by atoms with Gasteiger partial charge in [-0.25, -0.2) is 0 Å². The van der Waals surface area contributed by atoms with Crippen LogP contribution in [0, 0.1) is 0 Å². The van der Waals surface area contributed by atoms with Crippen LogP contribution in [0.3, 0.4) is 0 Å². The Bertz CT molecular complexity index is 617. The number of ether oxygens (including phenoxy) is 2. The number of nitrogens with one attached hydrogen (secondary N) is 1. The van der Waals surface area contributed by atoms with Crippen molar-refractivity contribution in [3.63, 3.8) is 0 Å². The molecular formula is C30H53NO3. The number of hydrogen-bond acceptors (Lipinski definition) is 3. The van der Waals surface area contributed by atoms with Gasteiger partial charge in [0.1, 0.15) is 0 Å². The molecule has 196 valence electrons. The van der Waals surface area contributed by atoms with Crippen LogP contribution < -0.4 is 14.8 Å². The number of amides is 1. The third kappa shape index (κ3) is 15.2. The summed E-state index contributed by atoms with van der Waals surface area (Å²) in [5, 5.41) is 2.95. The molecule has 1 rings (SSSR count). The molecule has 34 heavy (non-hydrogen) atoms. The zero-order valence-electron chi connectivity index (χ0n) is 22.6. The van der Waals surface area contributed by atoms with Gasteiger partial charge in [0.15, 0.2) is 11.5 Å². The van der Waals surface area contributed by atoms with Gasteiger partial charge in [-0.15, -0.1) is 0 Å². The molecule has 0 aliphatic carbocycles. The van der Waals surface area contributed by atoms with Gasteiger partial charge in [0.2, 0.25) is 0 Å². The monoisotopic (exact) mass is 475 g/mol. The second-order valence-electron chi connectivity index (χ2n) is 9.56. The van der Waals surface area contributed by atoms with Crippen LogP contribution in [-0.2, 0) is 0 Å². The molecule has 1 aromatic rings. The molecule has 0 aromatic heterocycles. The quantitative estimate of drug-likeness (QED) is 0.161. The van der Waals surface area contributed by atoms with Gasteiger partial charge in [0, 0.05) is 12.1 Å². The van der Waals surface area contributed by atoms with E-state index in [-0.39, 0.29) is 5.91 Å². The van der Waals surface area contributed by atoms with Crippen molar-refractivity contribution in [1.29, 1.82) is 0 Å². The van der Waals surface area contributed by atoms with Crippen LogP contribution in [0.25, 0.3) is 0 Å². The summed E-state index contributed by atoms with van der Waals surface area (Å²) in [6.07, 6.45) is 21.4. The van der Waals surface area contributed by atoms with E-state index in [1.165, 1.54) is 89.9 Å². The van der Waals surface area contributed by atoms with Crippen molar-refractivity contribution < 1.29 is 14.3 Å². The number of carbonyl (C=O) groups excluding carboxylic acids is 1. The molecule has 1 N–H and O–H groups in total. The van der Waals surface area contributed by atoms with Gasteiger partial charge in [0.05, 0.1) is 13.2 Å². The van der Waals surface area contributed by atoms with E-state index < -0.39 is 0 Å². The van der Waals surface area contributed by atoms with Crippen molar-refractivity contribution in [3.05, 3.63) is 23.8 Å². The highest BCUT2D eigenvalue weighted by molar-refractivity contribution is 5.94. The predicted octanol–water partition coefficient (Wildman–Crippen LogP) is 8.87. The number of hydrogen-bond donors (Lipinski definition) is 1. The fourth-order valence-corrected chi connectivity index (χ4v) is 4.06. The van der Waals surface area contributed by atoms with Crippen LogP contribution in [0.5, 0.6) is 11.5 Å². The Morgan fingerprint density at radius 1 is 0.618 bits per heavy atom. The molecule has 0 aliphatic rings. The average molecular weight is 476 g/mol. The molecule has 0 saturated carbocycles. The Balaban J connectivity index is 2.44. The maximum absolute atomic E-state index is 12.4. The van der Waals surface area contributed by atoms with Crippen molar-refractivity contribution in [2.75, 3.05) is 19.8 Å². The minimum atomic E-state index is -0.0478. The van der Waals surface area contributed by atoms with Crippen molar-refractivity contribution >= 4 is 5.91 Å². The van der Waals surface area contributed by atoms with Gasteiger partial charge in [-0.2, -0.15) is 0 Å². The molecule has 0 bridgehead atoms. The van der Waals surface area contributed by atoms with Crippen LogP contribution >= 0.6 is 0 Å². The molecule has 0 spiro atoms. The fourth-order valence-electron chi connectivity index (χ4n) is 4.06. The average Bonchev–Trinajstić information content (AvgIpc) is 2.85. The predicted molar refractivity (Wildman–Crippen MR) is 145 cm³/mol. The van der Waals surface area contributed by atoms with Gasteiger partial charge in [-0.1, -0.05) is 111 Å². The lowest BCUT2D eigenvalue weighted by molar-refractivity contribution is 0.0953. The Morgan fingerprint density at radius 3 is 1.59 bits per heavy atom. The molecule has 0 atom stereocenters. The summed E-state index contributed by atoms with van der Waals surface area (Å²) in [6, 6.07) is 5.59. The Kier molecular flexibility index (Phi) is 19.4. The maximum Gasteiger partial charge on any atom is 0.251 e. The topological polar surface area (TPSA) is 47.6 Å². The highest BCUT2D eigenvalue weighted by atomic mass is 16.5. The summed E-state index contributed by atoms with van der Waals surface area (Å²) < 4.78 is 12.2. The van der Waals surface area contributed by atoms with Crippen molar-refractivity contribution in [2.45, 2.75) is 130 Å². The summed E-state index contributed by atoms with van der Waals surface area (Å²) in [5.74, 6) is 1.41. The molecule has 0 aliphatic heterocycles. The number of unbranched alkanes of at least 4 members (excludes halogenated alkanes) is 14. The smallest absolute Gasteiger partial charge is 0.251 e. The van der Waals surface area contributed by atoms with Gasteiger partial charge in [0.25, 0.3) is 5.91 Å². The van der Waals surface area contributed by atoms with Gasteiger partial charge >= 0.3 is 0 Å². The first kappa shape index (κ1) is 30.3. The maximum atomic E-state index is 12.4. The lowest BCUT2D eigenvalue weighted by atomic mass is 10.1. The van der Waals surface area contributed by atoms with E-state index in [2.05, 4.69) is 26.1 Å². The minimum absolute atomic E-state index is 0.0478. The van der Waals surface area contributed by atoms with E-state index in [1.807, 2.05) is 18.2 Å². The summed E-state index contributed by atoms with van der Waals surface area (Å²) in [6.45, 7) is 8.63. The van der Waals surface area contributed by atoms with Crippen molar-refractivity contribution in [2.24, 2.45) is 0 Å². The highest BCUT2D eigenvalue weighted by Gasteiger charge is 2.12. The summed E-state index contributed by atoms with van der Waals surface area (Å²) >= 11 is 0. The van der Waals surface area contributed by atoms with Gasteiger partial charge in [-0.3, -0.25) is 4.79 Å². The number of carbonyl (C=O) groups is 1. The summed E-state index contributed by atoms with van der Waals surface area (Å²) in [7, 11) is 0. The third-order valence-corrected chi connectivity index (χ3v) is 6.25. The Morgan fingerprint density at radius 2 is 1.09 bits per heavy atom. The van der Waals surface area contributed by atoms with Crippen LogP contribution in [0.4, 0.5) is 0 Å². The zero-order chi connectivity index (χ0) is 24.7. The van der Waals surface area contributed by atoms with Crippen molar-refractivity contribution in [1.82, 2.24) is 5.32 Å². The molecule has 0 heterocycles. The van der Waals surface area contributed by atoms with Crippen LogP contribution in [0.15, 0.2) is 18.2 Å². The Hall–Kier alpha value is -1.71. The zero-order valence-corrected chi connectivity index (χ0v) is 22.6. The summed E-state index contributed by atoms with van der Waals surface area (Å²) in [5.41, 5.74) is 0.638. The lowest BCUT2D eigenvalue weighted by Gasteiger charge is -2.14. The summed E-state index contributed by atoms with van der Waals surface area (Å²) in [4.78, 5) is 12.4. The molecule has 0 fully saturated rings. The lowest BCUT2D eigenvalue weighted by Crippen LogP contribution is -2.24. The molecule has 1 amide bonds. The standard InChI is InChI=1S/C30H53NO3/c1-4-7-9-11-13-15-17-19-24-33-28-22-21-27(30(32)31-23-6-3)26-29(28)34-25-20-18-16-14-12-10-8-5-2/h21-22,26H,4-20,23-25H2,1-3H3,(H,31,32). The van der Waals surface area contributed by atoms with Crippen LogP contribution in [0.1, 0.15) is 140 Å². The first-order valence-electron chi connectivity index (χ1n) is 14.4. The number of rotatable bonds is 23. The highest BCUT2D eigenvalue weighted by Crippen LogP contribution is 2.29. The first-order chi connectivity index (χ1) is 16.7. The fraction of sp³-hybridized carbons (Fsp3) is 0.767. The van der Waals surface area contributed by atoms with Crippen LogP contribution in [-0.4, -0.2) is 25.7 Å². The SMILES string of the molecule is CCCCCCCCCCOc1ccc(C(=O)NCCC)cc1OCCCCCCCCCC. The Labute approximate surface area is 210 Å². The normalized spacial score (nSPS) is 10.9. The number of benzene rings is 1. The van der Waals surface area contributed by atoms with E-state index in [9.17, 15) is 4.79 Å². The molecule has 0 radical (unpaired) electrons. The molecule has 0 unspecified atom stereocenters. The van der Waals surface area contributed by atoms with Gasteiger partial charge in [-0.05, 0) is 37.5 Å². The molecule has 0 saturated heterocycles. The molecular weight excluding hydrogens is 422 g/mol. The van der Waals surface area contributed by atoms with E-state index >= 15 is 0 Å². The van der Waals surface area contributed by atoms with Crippen molar-refractivity contribution in [3.8, 4) is 11.5 Å². The largest absolute Gasteiger partial charge is 0.490 e. The second kappa shape index (κ2) is 21.8.